The Hall–Kier alpha value is -1.89. The molecule has 1 aromatic carbocycles. The maximum absolute atomic E-state index is 12.6. The molecule has 1 aliphatic rings. The van der Waals surface area contributed by atoms with Gasteiger partial charge in [-0.3, -0.25) is 4.79 Å². The maximum atomic E-state index is 12.6. The summed E-state index contributed by atoms with van der Waals surface area (Å²) in [5.41, 5.74) is 6.04. The predicted molar refractivity (Wildman–Crippen MR) is 77.3 cm³/mol. The van der Waals surface area contributed by atoms with Crippen LogP contribution in [0.1, 0.15) is 23.7 Å². The third-order valence-corrected chi connectivity index (χ3v) is 3.88. The van der Waals surface area contributed by atoms with Crippen molar-refractivity contribution < 1.29 is 23.0 Å². The second-order valence-corrected chi connectivity index (χ2v) is 5.39. The normalized spacial score (nSPS) is 21.3. The highest BCUT2D eigenvalue weighted by atomic mass is 19.3. The van der Waals surface area contributed by atoms with Gasteiger partial charge in [0, 0.05) is 18.2 Å². The summed E-state index contributed by atoms with van der Waals surface area (Å²) >= 11 is 0. The largest absolute Gasteiger partial charge is 0.493 e. The maximum Gasteiger partial charge on any atom is 0.387 e. The molecule has 2 N–H and O–H groups in total. The van der Waals surface area contributed by atoms with Crippen LogP contribution in [0.2, 0.25) is 0 Å². The van der Waals surface area contributed by atoms with Crippen LogP contribution in [0.15, 0.2) is 18.2 Å². The zero-order valence-corrected chi connectivity index (χ0v) is 12.6. The van der Waals surface area contributed by atoms with E-state index in [1.54, 1.807) is 4.90 Å². The van der Waals surface area contributed by atoms with Gasteiger partial charge in [0.25, 0.3) is 5.91 Å². The summed E-state index contributed by atoms with van der Waals surface area (Å²) in [6.07, 6.45) is 0.867. The molecule has 1 amide bonds. The SMILES string of the molecule is COc1cc(C(=O)N2CC(CN)CC2C)ccc1OC(F)F. The van der Waals surface area contributed by atoms with Gasteiger partial charge in [0.15, 0.2) is 11.5 Å². The van der Waals surface area contributed by atoms with E-state index in [0.29, 0.717) is 24.6 Å². The van der Waals surface area contributed by atoms with Crippen LogP contribution in [0.25, 0.3) is 0 Å². The molecule has 0 saturated carbocycles. The van der Waals surface area contributed by atoms with E-state index in [1.807, 2.05) is 6.92 Å². The molecule has 1 aliphatic heterocycles. The molecule has 1 aromatic rings. The number of ether oxygens (including phenoxy) is 2. The first kappa shape index (κ1) is 16.5. The molecule has 2 atom stereocenters. The Morgan fingerprint density at radius 2 is 2.18 bits per heavy atom. The first-order valence-electron chi connectivity index (χ1n) is 7.10. The average Bonchev–Trinajstić information content (AvgIpc) is 2.87. The van der Waals surface area contributed by atoms with Crippen LogP contribution in [0.4, 0.5) is 8.78 Å². The van der Waals surface area contributed by atoms with Crippen molar-refractivity contribution in [2.75, 3.05) is 20.2 Å². The van der Waals surface area contributed by atoms with Crippen molar-refractivity contribution in [1.82, 2.24) is 4.90 Å². The number of alkyl halides is 2. The van der Waals surface area contributed by atoms with Crippen LogP contribution >= 0.6 is 0 Å². The Morgan fingerprint density at radius 1 is 1.45 bits per heavy atom. The Bertz CT molecular complexity index is 540. The molecule has 122 valence electrons. The van der Waals surface area contributed by atoms with Crippen molar-refractivity contribution in [2.24, 2.45) is 11.7 Å². The highest BCUT2D eigenvalue weighted by molar-refractivity contribution is 5.95. The summed E-state index contributed by atoms with van der Waals surface area (Å²) in [7, 11) is 1.34. The van der Waals surface area contributed by atoms with Gasteiger partial charge in [-0.25, -0.2) is 0 Å². The molecule has 7 heteroatoms. The minimum absolute atomic E-state index is 0.0941. The molecule has 0 bridgehead atoms. The number of methoxy groups -OCH3 is 1. The summed E-state index contributed by atoms with van der Waals surface area (Å²) in [6.45, 7) is 0.172. The van der Waals surface area contributed by atoms with Gasteiger partial charge in [-0.05, 0) is 44.0 Å². The van der Waals surface area contributed by atoms with Gasteiger partial charge < -0.3 is 20.1 Å². The lowest BCUT2D eigenvalue weighted by molar-refractivity contribution is -0.0512. The van der Waals surface area contributed by atoms with Gasteiger partial charge in [-0.1, -0.05) is 0 Å². The number of hydrogen-bond donors (Lipinski definition) is 1. The Morgan fingerprint density at radius 3 is 2.73 bits per heavy atom. The number of hydrogen-bond acceptors (Lipinski definition) is 4. The number of carbonyl (C=O) groups excluding carboxylic acids is 1. The second-order valence-electron chi connectivity index (χ2n) is 5.39. The molecule has 1 saturated heterocycles. The molecular formula is C15H20F2N2O3. The fourth-order valence-corrected chi connectivity index (χ4v) is 2.76. The standard InChI is InChI=1S/C15H20F2N2O3/c1-9-5-10(7-18)8-19(9)14(20)11-3-4-12(22-15(16)17)13(6-11)21-2/h3-4,6,9-10,15H,5,7-8,18H2,1-2H3. The van der Waals surface area contributed by atoms with Gasteiger partial charge in [0.2, 0.25) is 0 Å². The zero-order chi connectivity index (χ0) is 16.3. The molecule has 1 heterocycles. The first-order chi connectivity index (χ1) is 10.5. The zero-order valence-electron chi connectivity index (χ0n) is 12.6. The van der Waals surface area contributed by atoms with Crippen LogP contribution in [-0.2, 0) is 0 Å². The molecule has 5 nitrogen and oxygen atoms in total. The molecule has 0 aliphatic carbocycles. The summed E-state index contributed by atoms with van der Waals surface area (Å²) < 4.78 is 34.0. The summed E-state index contributed by atoms with van der Waals surface area (Å²) in [5, 5.41) is 0. The lowest BCUT2D eigenvalue weighted by atomic mass is 10.1. The van der Waals surface area contributed by atoms with Gasteiger partial charge in [-0.15, -0.1) is 0 Å². The number of likely N-dealkylation sites (tertiary alicyclic amines) is 1. The molecule has 22 heavy (non-hydrogen) atoms. The van der Waals surface area contributed by atoms with Gasteiger partial charge in [0.1, 0.15) is 0 Å². The van der Waals surface area contributed by atoms with Crippen LogP contribution in [-0.4, -0.2) is 43.7 Å². The molecular weight excluding hydrogens is 294 g/mol. The van der Waals surface area contributed by atoms with Gasteiger partial charge in [-0.2, -0.15) is 8.78 Å². The predicted octanol–water partition coefficient (Wildman–Crippen LogP) is 2.11. The second kappa shape index (κ2) is 6.91. The van der Waals surface area contributed by atoms with E-state index in [2.05, 4.69) is 4.74 Å². The van der Waals surface area contributed by atoms with E-state index in [9.17, 15) is 13.6 Å². The molecule has 2 unspecified atom stereocenters. The number of benzene rings is 1. The Labute approximate surface area is 128 Å². The number of nitrogens with two attached hydrogens (primary N) is 1. The minimum Gasteiger partial charge on any atom is -0.493 e. The van der Waals surface area contributed by atoms with Crippen molar-refractivity contribution in [1.29, 1.82) is 0 Å². The Balaban J connectivity index is 2.20. The van der Waals surface area contributed by atoms with E-state index in [0.717, 1.165) is 6.42 Å². The van der Waals surface area contributed by atoms with E-state index in [1.165, 1.54) is 25.3 Å². The molecule has 2 rings (SSSR count). The van der Waals surface area contributed by atoms with Crippen molar-refractivity contribution in [2.45, 2.75) is 26.0 Å². The van der Waals surface area contributed by atoms with Crippen molar-refractivity contribution in [3.63, 3.8) is 0 Å². The highest BCUT2D eigenvalue weighted by Crippen LogP contribution is 2.31. The van der Waals surface area contributed by atoms with Crippen LogP contribution in [0, 0.1) is 5.92 Å². The summed E-state index contributed by atoms with van der Waals surface area (Å²) in [6, 6.07) is 4.30. The summed E-state index contributed by atoms with van der Waals surface area (Å²) in [5.74, 6) is 0.143. The third kappa shape index (κ3) is 3.47. The molecule has 0 aromatic heterocycles. The third-order valence-electron chi connectivity index (χ3n) is 3.88. The summed E-state index contributed by atoms with van der Waals surface area (Å²) in [4.78, 5) is 14.3. The van der Waals surface area contributed by atoms with E-state index in [4.69, 9.17) is 10.5 Å². The van der Waals surface area contributed by atoms with Gasteiger partial charge in [0.05, 0.1) is 7.11 Å². The quantitative estimate of drug-likeness (QED) is 0.904. The Kier molecular flexibility index (Phi) is 5.18. The number of amides is 1. The van der Waals surface area contributed by atoms with Crippen LogP contribution < -0.4 is 15.2 Å². The average molecular weight is 314 g/mol. The number of carbonyl (C=O) groups is 1. The highest BCUT2D eigenvalue weighted by Gasteiger charge is 2.32. The van der Waals surface area contributed by atoms with Gasteiger partial charge >= 0.3 is 6.61 Å². The molecule has 0 radical (unpaired) electrons. The fourth-order valence-electron chi connectivity index (χ4n) is 2.76. The van der Waals surface area contributed by atoms with Crippen molar-refractivity contribution >= 4 is 5.91 Å². The van der Waals surface area contributed by atoms with E-state index < -0.39 is 6.61 Å². The van der Waals surface area contributed by atoms with E-state index in [-0.39, 0.29) is 23.4 Å². The fraction of sp³-hybridized carbons (Fsp3) is 0.533. The number of rotatable bonds is 5. The monoisotopic (exact) mass is 314 g/mol. The van der Waals surface area contributed by atoms with Crippen molar-refractivity contribution in [3.05, 3.63) is 23.8 Å². The topological polar surface area (TPSA) is 64.8 Å². The number of halogens is 2. The lowest BCUT2D eigenvalue weighted by Crippen LogP contribution is -2.34. The minimum atomic E-state index is -2.95. The van der Waals surface area contributed by atoms with Crippen LogP contribution in [0.5, 0.6) is 11.5 Å². The van der Waals surface area contributed by atoms with E-state index >= 15 is 0 Å². The smallest absolute Gasteiger partial charge is 0.387 e. The first-order valence-corrected chi connectivity index (χ1v) is 7.10. The van der Waals surface area contributed by atoms with Crippen LogP contribution in [0.3, 0.4) is 0 Å². The lowest BCUT2D eigenvalue weighted by Gasteiger charge is -2.22. The molecule has 1 fully saturated rings. The molecule has 0 spiro atoms. The number of nitrogens with zero attached hydrogens (tertiary/aromatic N) is 1. The van der Waals surface area contributed by atoms with Crippen molar-refractivity contribution in [3.8, 4) is 11.5 Å².